The number of carbonyl (C=O) groups excluding carboxylic acids is 1. The predicted octanol–water partition coefficient (Wildman–Crippen LogP) is 3.66. The van der Waals surface area contributed by atoms with Gasteiger partial charge < -0.3 is 10.1 Å². The Morgan fingerprint density at radius 1 is 1.21 bits per heavy atom. The topological polar surface area (TPSA) is 41.6 Å². The Hall–Kier alpha value is -2.66. The van der Waals surface area contributed by atoms with Crippen LogP contribution in [-0.4, -0.2) is 17.6 Å². The molecule has 0 aromatic heterocycles. The minimum atomic E-state index is -0.153. The van der Waals surface area contributed by atoms with E-state index in [4.69, 9.17) is 17.0 Å². The highest BCUT2D eigenvalue weighted by molar-refractivity contribution is 7.80. The molecule has 1 aliphatic heterocycles. The van der Waals surface area contributed by atoms with Gasteiger partial charge in [-0.1, -0.05) is 24.3 Å². The van der Waals surface area contributed by atoms with Crippen molar-refractivity contribution >= 4 is 35.0 Å². The van der Waals surface area contributed by atoms with Crippen molar-refractivity contribution in [3.63, 3.8) is 0 Å². The van der Waals surface area contributed by atoms with Gasteiger partial charge in [0.05, 0.1) is 12.3 Å². The highest BCUT2D eigenvalue weighted by Gasteiger charge is 2.31. The van der Waals surface area contributed by atoms with Gasteiger partial charge in [-0.15, -0.1) is 0 Å². The molecule has 2 aromatic carbocycles. The molecule has 0 atom stereocenters. The molecule has 0 saturated carbocycles. The summed E-state index contributed by atoms with van der Waals surface area (Å²) in [5.41, 5.74) is 3.22. The monoisotopic (exact) mass is 338 g/mol. The predicted molar refractivity (Wildman–Crippen MR) is 100.0 cm³/mol. The maximum absolute atomic E-state index is 12.7. The zero-order chi connectivity index (χ0) is 17.1. The van der Waals surface area contributed by atoms with Crippen LogP contribution < -0.4 is 15.0 Å². The van der Waals surface area contributed by atoms with Gasteiger partial charge in [0.15, 0.2) is 5.11 Å². The molecule has 1 aliphatic rings. The molecule has 122 valence electrons. The Kier molecular flexibility index (Phi) is 4.62. The van der Waals surface area contributed by atoms with Crippen LogP contribution in [0, 0.1) is 6.92 Å². The number of anilines is 1. The average molecular weight is 338 g/mol. The molecule has 1 amide bonds. The molecule has 3 rings (SSSR count). The fraction of sp³-hybridized carbons (Fsp3) is 0.158. The van der Waals surface area contributed by atoms with Crippen LogP contribution in [0.4, 0.5) is 5.69 Å². The molecule has 24 heavy (non-hydrogen) atoms. The van der Waals surface area contributed by atoms with E-state index in [-0.39, 0.29) is 5.91 Å². The van der Waals surface area contributed by atoms with Crippen molar-refractivity contribution in [1.82, 2.24) is 5.32 Å². The second-order valence-electron chi connectivity index (χ2n) is 5.47. The smallest absolute Gasteiger partial charge is 0.281 e. The average Bonchev–Trinajstić information content (AvgIpc) is 2.83. The Balaban J connectivity index is 1.85. The highest BCUT2D eigenvalue weighted by atomic mass is 32.1. The van der Waals surface area contributed by atoms with Gasteiger partial charge in [-0.25, -0.2) is 0 Å². The third-order valence-electron chi connectivity index (χ3n) is 3.64. The normalized spacial score (nSPS) is 15.8. The number of nitrogens with zero attached hydrogens (tertiary/aromatic N) is 1. The number of aryl methyl sites for hydroxylation is 1. The van der Waals surface area contributed by atoms with Crippen molar-refractivity contribution < 1.29 is 9.53 Å². The molecule has 1 saturated heterocycles. The summed E-state index contributed by atoms with van der Waals surface area (Å²) in [6, 6.07) is 15.3. The fourth-order valence-corrected chi connectivity index (χ4v) is 2.83. The zero-order valence-corrected chi connectivity index (χ0v) is 14.4. The maximum atomic E-state index is 12.7. The Labute approximate surface area is 146 Å². The number of hydrogen-bond donors (Lipinski definition) is 1. The number of ether oxygens (including phenoxy) is 1. The van der Waals surface area contributed by atoms with Gasteiger partial charge in [-0.3, -0.25) is 9.69 Å². The van der Waals surface area contributed by atoms with Crippen LogP contribution in [0.3, 0.4) is 0 Å². The molecule has 0 aliphatic carbocycles. The maximum Gasteiger partial charge on any atom is 0.281 e. The van der Waals surface area contributed by atoms with Gasteiger partial charge in [0, 0.05) is 0 Å². The van der Waals surface area contributed by atoms with Crippen LogP contribution in [0.1, 0.15) is 18.1 Å². The second kappa shape index (κ2) is 6.84. The van der Waals surface area contributed by atoms with Crippen molar-refractivity contribution in [2.24, 2.45) is 0 Å². The number of rotatable bonds is 4. The lowest BCUT2D eigenvalue weighted by molar-refractivity contribution is -0.113. The second-order valence-corrected chi connectivity index (χ2v) is 5.86. The Morgan fingerprint density at radius 3 is 2.62 bits per heavy atom. The molecular weight excluding hydrogens is 320 g/mol. The van der Waals surface area contributed by atoms with Gasteiger partial charge in [-0.05, 0) is 67.5 Å². The van der Waals surface area contributed by atoms with Crippen molar-refractivity contribution in [1.29, 1.82) is 0 Å². The van der Waals surface area contributed by atoms with Gasteiger partial charge in [0.2, 0.25) is 0 Å². The SMILES string of the molecule is CCOc1ccc(/C=C2/NC(=S)N(c3cccc(C)c3)C2=O)cc1. The van der Waals surface area contributed by atoms with Gasteiger partial charge in [-0.2, -0.15) is 0 Å². The van der Waals surface area contributed by atoms with E-state index in [2.05, 4.69) is 5.32 Å². The molecule has 0 bridgehead atoms. The van der Waals surface area contributed by atoms with E-state index in [0.29, 0.717) is 17.4 Å². The van der Waals surface area contributed by atoms with Crippen LogP contribution in [0.2, 0.25) is 0 Å². The number of nitrogens with one attached hydrogen (secondary N) is 1. The number of benzene rings is 2. The van der Waals surface area contributed by atoms with E-state index in [1.165, 1.54) is 4.90 Å². The molecule has 4 nitrogen and oxygen atoms in total. The first kappa shape index (κ1) is 16.2. The van der Waals surface area contributed by atoms with Crippen LogP contribution in [0.25, 0.3) is 6.08 Å². The fourth-order valence-electron chi connectivity index (χ4n) is 2.53. The summed E-state index contributed by atoms with van der Waals surface area (Å²) in [4.78, 5) is 14.2. The molecular formula is C19H18N2O2S. The molecule has 0 unspecified atom stereocenters. The van der Waals surface area contributed by atoms with E-state index in [9.17, 15) is 4.79 Å². The van der Waals surface area contributed by atoms with E-state index in [1.807, 2.05) is 62.4 Å². The molecule has 1 N–H and O–H groups in total. The summed E-state index contributed by atoms with van der Waals surface area (Å²) in [5.74, 6) is 0.654. The summed E-state index contributed by atoms with van der Waals surface area (Å²) in [5, 5.41) is 3.39. The minimum Gasteiger partial charge on any atom is -0.494 e. The molecule has 0 radical (unpaired) electrons. The molecule has 1 heterocycles. The lowest BCUT2D eigenvalue weighted by Gasteiger charge is -2.14. The summed E-state index contributed by atoms with van der Waals surface area (Å²) in [6.45, 7) is 4.55. The lowest BCUT2D eigenvalue weighted by Crippen LogP contribution is -2.30. The van der Waals surface area contributed by atoms with Crippen molar-refractivity contribution in [2.45, 2.75) is 13.8 Å². The first-order valence-electron chi connectivity index (χ1n) is 7.75. The van der Waals surface area contributed by atoms with E-state index < -0.39 is 0 Å². The van der Waals surface area contributed by atoms with Crippen molar-refractivity contribution in [2.75, 3.05) is 11.5 Å². The number of thiocarbonyl (C=S) groups is 1. The Bertz CT molecular complexity index is 812. The highest BCUT2D eigenvalue weighted by Crippen LogP contribution is 2.23. The third kappa shape index (κ3) is 3.31. The van der Waals surface area contributed by atoms with Crippen LogP contribution in [0.5, 0.6) is 5.75 Å². The van der Waals surface area contributed by atoms with Crippen LogP contribution in [0.15, 0.2) is 54.2 Å². The zero-order valence-electron chi connectivity index (χ0n) is 13.6. The van der Waals surface area contributed by atoms with Crippen LogP contribution in [-0.2, 0) is 4.79 Å². The van der Waals surface area contributed by atoms with Gasteiger partial charge >= 0.3 is 0 Å². The Morgan fingerprint density at radius 2 is 1.96 bits per heavy atom. The van der Waals surface area contributed by atoms with E-state index in [1.54, 1.807) is 6.08 Å². The lowest BCUT2D eigenvalue weighted by atomic mass is 10.1. The quantitative estimate of drug-likeness (QED) is 0.682. The van der Waals surface area contributed by atoms with E-state index in [0.717, 1.165) is 22.6 Å². The summed E-state index contributed by atoms with van der Waals surface area (Å²) < 4.78 is 5.42. The summed E-state index contributed by atoms with van der Waals surface area (Å²) in [7, 11) is 0. The van der Waals surface area contributed by atoms with E-state index >= 15 is 0 Å². The molecule has 0 spiro atoms. The molecule has 5 heteroatoms. The van der Waals surface area contributed by atoms with Crippen molar-refractivity contribution in [3.8, 4) is 5.75 Å². The number of carbonyl (C=O) groups is 1. The van der Waals surface area contributed by atoms with Crippen LogP contribution >= 0.6 is 12.2 Å². The standard InChI is InChI=1S/C19H18N2O2S/c1-3-23-16-9-7-14(8-10-16)12-17-18(22)21(19(24)20-17)15-6-4-5-13(2)11-15/h4-12H,3H2,1-2H3,(H,20,24)/b17-12+. The third-order valence-corrected chi connectivity index (χ3v) is 3.92. The number of hydrogen-bond acceptors (Lipinski definition) is 3. The molecule has 1 fully saturated rings. The summed E-state index contributed by atoms with van der Waals surface area (Å²) >= 11 is 5.32. The van der Waals surface area contributed by atoms with Crippen molar-refractivity contribution in [3.05, 3.63) is 65.4 Å². The summed E-state index contributed by atoms with van der Waals surface area (Å²) in [6.07, 6.45) is 1.79. The molecule has 2 aromatic rings. The number of amides is 1. The minimum absolute atomic E-state index is 0.153. The van der Waals surface area contributed by atoms with Gasteiger partial charge in [0.25, 0.3) is 5.91 Å². The first-order valence-corrected chi connectivity index (χ1v) is 8.16. The first-order chi connectivity index (χ1) is 11.6. The largest absolute Gasteiger partial charge is 0.494 e. The van der Waals surface area contributed by atoms with Gasteiger partial charge in [0.1, 0.15) is 11.4 Å².